The number of hydrogen-bond acceptors (Lipinski definition) is 8. The van der Waals surface area contributed by atoms with Crippen molar-refractivity contribution in [1.82, 2.24) is 14.7 Å². The fourth-order valence-electron chi connectivity index (χ4n) is 4.52. The number of ether oxygens (including phenoxy) is 1. The van der Waals surface area contributed by atoms with E-state index in [2.05, 4.69) is 14.7 Å². The number of anilines is 2. The first kappa shape index (κ1) is 26.2. The lowest BCUT2D eigenvalue weighted by Gasteiger charge is -2.31. The maximum absolute atomic E-state index is 14.1. The molecule has 1 saturated heterocycles. The highest BCUT2D eigenvalue weighted by Crippen LogP contribution is 2.34. The number of benzene rings is 2. The Morgan fingerprint density at radius 3 is 2.67 bits per heavy atom. The Hall–Kier alpha value is -4.42. The Bertz CT molecular complexity index is 1540. The molecule has 0 radical (unpaired) electrons. The first-order valence-corrected chi connectivity index (χ1v) is 13.0. The molecule has 5 N–H and O–H groups in total. The molecule has 200 valence electrons. The van der Waals surface area contributed by atoms with Gasteiger partial charge in [-0.05, 0) is 72.4 Å². The molecule has 0 aliphatic carbocycles. The summed E-state index contributed by atoms with van der Waals surface area (Å²) < 4.78 is 23.5. The van der Waals surface area contributed by atoms with E-state index < -0.39 is 29.6 Å². The third kappa shape index (κ3) is 5.42. The van der Waals surface area contributed by atoms with Crippen LogP contribution in [-0.2, 0) is 9.53 Å². The fourth-order valence-corrected chi connectivity index (χ4v) is 5.26. The first-order valence-electron chi connectivity index (χ1n) is 12.2. The van der Waals surface area contributed by atoms with Crippen LogP contribution in [-0.4, -0.2) is 46.3 Å². The Morgan fingerprint density at radius 2 is 1.97 bits per heavy atom. The predicted octanol–water partition coefficient (Wildman–Crippen LogP) is 3.19. The Balaban J connectivity index is 1.63. The summed E-state index contributed by atoms with van der Waals surface area (Å²) >= 11 is 0.697. The molecule has 10 nitrogen and oxygen atoms in total. The Kier molecular flexibility index (Phi) is 7.48. The van der Waals surface area contributed by atoms with E-state index in [4.69, 9.17) is 16.2 Å². The van der Waals surface area contributed by atoms with Crippen LogP contribution in [0.4, 0.5) is 15.8 Å². The maximum Gasteiger partial charge on any atom is 0.273 e. The second-order valence-corrected chi connectivity index (χ2v) is 9.80. The van der Waals surface area contributed by atoms with Crippen molar-refractivity contribution in [1.29, 1.82) is 0 Å². The predicted molar refractivity (Wildman–Crippen MR) is 145 cm³/mol. The lowest BCUT2D eigenvalue weighted by atomic mass is 10.00. The molecule has 39 heavy (non-hydrogen) atoms. The summed E-state index contributed by atoms with van der Waals surface area (Å²) in [6.45, 7) is 0.874. The van der Waals surface area contributed by atoms with Crippen molar-refractivity contribution < 1.29 is 23.5 Å². The van der Waals surface area contributed by atoms with E-state index >= 15 is 0 Å². The van der Waals surface area contributed by atoms with E-state index in [-0.39, 0.29) is 34.6 Å². The SMILES string of the molecule is NC(=O)c1nsc(C(=O)N(c2ccc(F)cc2)[C@H](C(=O)NC[C@@H]2CCCO2)c2ccc3ncccc3c2)c1N. The number of nitrogens with two attached hydrogens (primary N) is 2. The minimum atomic E-state index is -1.20. The highest BCUT2D eigenvalue weighted by Gasteiger charge is 2.36. The molecule has 2 aromatic carbocycles. The number of amides is 3. The van der Waals surface area contributed by atoms with Crippen LogP contribution in [0.25, 0.3) is 10.9 Å². The third-order valence-electron chi connectivity index (χ3n) is 6.46. The van der Waals surface area contributed by atoms with Crippen molar-refractivity contribution in [2.75, 3.05) is 23.8 Å². The van der Waals surface area contributed by atoms with Crippen LogP contribution in [0, 0.1) is 5.82 Å². The summed E-state index contributed by atoms with van der Waals surface area (Å²) in [5, 5.41) is 3.67. The molecular weight excluding hydrogens is 523 g/mol. The first-order chi connectivity index (χ1) is 18.8. The molecule has 1 aliphatic heterocycles. The summed E-state index contributed by atoms with van der Waals surface area (Å²) in [7, 11) is 0. The zero-order chi connectivity index (χ0) is 27.5. The van der Waals surface area contributed by atoms with Crippen LogP contribution in [0.15, 0.2) is 60.8 Å². The van der Waals surface area contributed by atoms with Crippen molar-refractivity contribution in [3.63, 3.8) is 0 Å². The normalized spacial score (nSPS) is 15.7. The van der Waals surface area contributed by atoms with Crippen LogP contribution < -0.4 is 21.7 Å². The molecule has 2 aromatic heterocycles. The molecule has 3 amide bonds. The van der Waals surface area contributed by atoms with Gasteiger partial charge in [0.2, 0.25) is 5.91 Å². The number of primary amides is 1. The Labute approximate surface area is 226 Å². The quantitative estimate of drug-likeness (QED) is 0.306. The minimum absolute atomic E-state index is 0.0764. The van der Waals surface area contributed by atoms with Gasteiger partial charge >= 0.3 is 0 Å². The lowest BCUT2D eigenvalue weighted by molar-refractivity contribution is -0.123. The molecule has 4 aromatic rings. The number of rotatable bonds is 8. The summed E-state index contributed by atoms with van der Waals surface area (Å²) in [6, 6.07) is 12.8. The molecule has 3 heterocycles. The molecule has 1 aliphatic rings. The summed E-state index contributed by atoms with van der Waals surface area (Å²) in [4.78, 5) is 45.2. The number of nitrogens with one attached hydrogen (secondary N) is 1. The number of hydrogen-bond donors (Lipinski definition) is 3. The number of fused-ring (bicyclic) bond motifs is 1. The van der Waals surface area contributed by atoms with E-state index in [1.54, 1.807) is 30.5 Å². The van der Waals surface area contributed by atoms with Gasteiger partial charge in [-0.1, -0.05) is 12.1 Å². The minimum Gasteiger partial charge on any atom is -0.395 e. The van der Waals surface area contributed by atoms with E-state index in [0.29, 0.717) is 29.2 Å². The van der Waals surface area contributed by atoms with Gasteiger partial charge in [-0.25, -0.2) is 4.39 Å². The zero-order valence-electron chi connectivity index (χ0n) is 20.7. The molecule has 12 heteroatoms. The van der Waals surface area contributed by atoms with Crippen molar-refractivity contribution in [2.45, 2.75) is 25.0 Å². The zero-order valence-corrected chi connectivity index (χ0v) is 21.5. The molecule has 0 unspecified atom stereocenters. The van der Waals surface area contributed by atoms with Gasteiger partial charge < -0.3 is 21.5 Å². The van der Waals surface area contributed by atoms with Gasteiger partial charge in [-0.2, -0.15) is 4.37 Å². The molecule has 0 spiro atoms. The van der Waals surface area contributed by atoms with Gasteiger partial charge in [0.1, 0.15) is 16.7 Å². The molecule has 1 fully saturated rings. The number of carbonyl (C=O) groups excluding carboxylic acids is 3. The van der Waals surface area contributed by atoms with Crippen LogP contribution in [0.2, 0.25) is 0 Å². The van der Waals surface area contributed by atoms with E-state index in [1.807, 2.05) is 6.07 Å². The standard InChI is InChI=1S/C27H25FN6O4S/c28-17-6-8-18(9-7-17)34(27(37)24-21(29)22(25(30)35)33-39-24)23(26(36)32-14-19-4-2-12-38-19)16-5-10-20-15(13-16)3-1-11-31-20/h1,3,5-11,13,19,23H,2,4,12,14,29H2,(H2,30,35)(H,32,36)/t19-,23-/m0/s1. The van der Waals surface area contributed by atoms with Crippen molar-refractivity contribution in [2.24, 2.45) is 5.73 Å². The average molecular weight is 549 g/mol. The third-order valence-corrected chi connectivity index (χ3v) is 7.31. The van der Waals surface area contributed by atoms with Gasteiger partial charge in [-0.15, -0.1) is 0 Å². The number of aromatic nitrogens is 2. The number of nitrogen functional groups attached to an aromatic ring is 1. The van der Waals surface area contributed by atoms with Gasteiger partial charge in [0.25, 0.3) is 11.8 Å². The van der Waals surface area contributed by atoms with Gasteiger partial charge in [0.05, 0.1) is 17.3 Å². The summed E-state index contributed by atoms with van der Waals surface area (Å²) in [5.74, 6) is -2.59. The number of pyridine rings is 1. The number of nitrogens with zero attached hydrogens (tertiary/aromatic N) is 3. The largest absolute Gasteiger partial charge is 0.395 e. The van der Waals surface area contributed by atoms with E-state index in [1.165, 1.54) is 29.2 Å². The highest BCUT2D eigenvalue weighted by molar-refractivity contribution is 7.09. The number of carbonyl (C=O) groups is 3. The fraction of sp³-hybridized carbons (Fsp3) is 0.222. The van der Waals surface area contributed by atoms with Crippen molar-refractivity contribution >= 4 is 51.5 Å². The lowest BCUT2D eigenvalue weighted by Crippen LogP contribution is -2.45. The summed E-state index contributed by atoms with van der Waals surface area (Å²) in [6.07, 6.45) is 3.22. The highest BCUT2D eigenvalue weighted by atomic mass is 32.1. The van der Waals surface area contributed by atoms with Crippen molar-refractivity contribution in [3.05, 3.63) is 82.7 Å². The van der Waals surface area contributed by atoms with E-state index in [0.717, 1.165) is 18.2 Å². The second kappa shape index (κ2) is 11.1. The number of halogens is 1. The maximum atomic E-state index is 14.1. The molecule has 5 rings (SSSR count). The monoisotopic (exact) mass is 548 g/mol. The second-order valence-electron chi connectivity index (χ2n) is 9.03. The molecule has 0 saturated carbocycles. The topological polar surface area (TPSA) is 154 Å². The van der Waals surface area contributed by atoms with E-state index in [9.17, 15) is 18.8 Å². The van der Waals surface area contributed by atoms with Crippen LogP contribution in [0.1, 0.15) is 44.6 Å². The average Bonchev–Trinajstić information content (AvgIpc) is 3.60. The Morgan fingerprint density at radius 1 is 1.18 bits per heavy atom. The smallest absolute Gasteiger partial charge is 0.273 e. The van der Waals surface area contributed by atoms with Crippen LogP contribution in [0.5, 0.6) is 0 Å². The van der Waals surface area contributed by atoms with Gasteiger partial charge in [0, 0.05) is 30.4 Å². The summed E-state index contributed by atoms with van der Waals surface area (Å²) in [5.41, 5.74) is 12.4. The van der Waals surface area contributed by atoms with Gasteiger partial charge in [0.15, 0.2) is 5.69 Å². The van der Waals surface area contributed by atoms with Crippen molar-refractivity contribution in [3.8, 4) is 0 Å². The van der Waals surface area contributed by atoms with Crippen LogP contribution in [0.3, 0.4) is 0 Å². The molecular formula is C27H25FN6O4S. The van der Waals surface area contributed by atoms with Gasteiger partial charge in [-0.3, -0.25) is 24.3 Å². The molecule has 2 atom stereocenters. The molecule has 0 bridgehead atoms. The van der Waals surface area contributed by atoms with Crippen LogP contribution >= 0.6 is 11.5 Å².